The van der Waals surface area contributed by atoms with Gasteiger partial charge < -0.3 is 19.9 Å². The monoisotopic (exact) mass is 369 g/mol. The number of nitrogens with zero attached hydrogens (tertiary/aromatic N) is 2. The van der Waals surface area contributed by atoms with Gasteiger partial charge >= 0.3 is 6.03 Å². The van der Waals surface area contributed by atoms with Gasteiger partial charge in [0.1, 0.15) is 5.75 Å². The lowest BCUT2D eigenvalue weighted by Crippen LogP contribution is -2.31. The topological polar surface area (TPSA) is 61.9 Å². The molecule has 0 saturated carbocycles. The van der Waals surface area contributed by atoms with Gasteiger partial charge in [-0.2, -0.15) is 0 Å². The van der Waals surface area contributed by atoms with E-state index in [1.165, 1.54) is 4.90 Å². The first-order valence-corrected chi connectivity index (χ1v) is 8.78. The van der Waals surface area contributed by atoms with E-state index in [4.69, 9.17) is 4.74 Å². The molecule has 3 amide bonds. The molecular formula is C21H27N3O3. The maximum Gasteiger partial charge on any atom is 0.321 e. The molecule has 0 bridgehead atoms. The average Bonchev–Trinajstić information content (AvgIpc) is 2.63. The van der Waals surface area contributed by atoms with Crippen molar-refractivity contribution < 1.29 is 14.3 Å². The largest absolute Gasteiger partial charge is 0.482 e. The number of ether oxygens (including phenoxy) is 1. The highest BCUT2D eigenvalue weighted by Gasteiger charge is 2.14. The first kappa shape index (κ1) is 20.3. The van der Waals surface area contributed by atoms with Crippen LogP contribution in [0.4, 0.5) is 10.5 Å². The minimum absolute atomic E-state index is 0.0849. The van der Waals surface area contributed by atoms with Crippen molar-refractivity contribution in [1.82, 2.24) is 9.80 Å². The Kier molecular flexibility index (Phi) is 6.82. The van der Waals surface area contributed by atoms with Crippen LogP contribution in [0, 0.1) is 13.8 Å². The minimum Gasteiger partial charge on any atom is -0.482 e. The van der Waals surface area contributed by atoms with Gasteiger partial charge in [0.25, 0.3) is 5.91 Å². The summed E-state index contributed by atoms with van der Waals surface area (Å²) in [6.07, 6.45) is 0. The molecule has 0 atom stereocenters. The Labute approximate surface area is 160 Å². The van der Waals surface area contributed by atoms with Gasteiger partial charge in [0.15, 0.2) is 6.61 Å². The molecule has 2 aromatic carbocycles. The van der Waals surface area contributed by atoms with Crippen LogP contribution in [0.15, 0.2) is 42.5 Å². The number of carbonyl (C=O) groups is 2. The number of likely N-dealkylation sites (N-methyl/N-ethyl adjacent to an activating group) is 1. The molecule has 6 nitrogen and oxygen atoms in total. The summed E-state index contributed by atoms with van der Waals surface area (Å²) in [5.74, 6) is 0.327. The SMILES string of the molecule is Cc1ccc(NC(=O)N(C)Cc2ccccc2C)c(OCC(=O)N(C)C)c1. The first-order valence-electron chi connectivity index (χ1n) is 8.78. The van der Waals surface area contributed by atoms with Crippen molar-refractivity contribution in [3.8, 4) is 5.75 Å². The fourth-order valence-corrected chi connectivity index (χ4v) is 2.45. The quantitative estimate of drug-likeness (QED) is 0.848. The second-order valence-electron chi connectivity index (χ2n) is 6.79. The second-order valence-corrected chi connectivity index (χ2v) is 6.79. The maximum absolute atomic E-state index is 12.6. The fourth-order valence-electron chi connectivity index (χ4n) is 2.45. The van der Waals surface area contributed by atoms with E-state index in [9.17, 15) is 9.59 Å². The summed E-state index contributed by atoms with van der Waals surface area (Å²) < 4.78 is 5.63. The number of urea groups is 1. The Morgan fingerprint density at radius 3 is 2.41 bits per heavy atom. The molecule has 2 rings (SSSR count). The van der Waals surface area contributed by atoms with E-state index in [1.54, 1.807) is 38.2 Å². The summed E-state index contributed by atoms with van der Waals surface area (Å²) in [6, 6.07) is 13.2. The minimum atomic E-state index is -0.245. The van der Waals surface area contributed by atoms with Gasteiger partial charge in [0.2, 0.25) is 0 Å². The molecule has 0 aliphatic carbocycles. The second kappa shape index (κ2) is 9.07. The van der Waals surface area contributed by atoms with Gasteiger partial charge in [0, 0.05) is 27.7 Å². The molecule has 0 aliphatic rings. The van der Waals surface area contributed by atoms with E-state index in [-0.39, 0.29) is 18.5 Å². The molecule has 0 aliphatic heterocycles. The van der Waals surface area contributed by atoms with E-state index < -0.39 is 0 Å². The van der Waals surface area contributed by atoms with Crippen LogP contribution in [0.3, 0.4) is 0 Å². The summed E-state index contributed by atoms with van der Waals surface area (Å²) in [4.78, 5) is 27.4. The van der Waals surface area contributed by atoms with Crippen LogP contribution < -0.4 is 10.1 Å². The van der Waals surface area contributed by atoms with Crippen molar-refractivity contribution in [2.45, 2.75) is 20.4 Å². The number of hydrogen-bond acceptors (Lipinski definition) is 3. The van der Waals surface area contributed by atoms with Crippen molar-refractivity contribution in [3.63, 3.8) is 0 Å². The lowest BCUT2D eigenvalue weighted by Gasteiger charge is -2.21. The third-order valence-electron chi connectivity index (χ3n) is 4.24. The Balaban J connectivity index is 2.08. The van der Waals surface area contributed by atoms with Gasteiger partial charge in [-0.25, -0.2) is 4.79 Å². The molecule has 144 valence electrons. The fraction of sp³-hybridized carbons (Fsp3) is 0.333. The maximum atomic E-state index is 12.6. The van der Waals surface area contributed by atoms with Crippen molar-refractivity contribution in [3.05, 3.63) is 59.2 Å². The number of aryl methyl sites for hydroxylation is 2. The van der Waals surface area contributed by atoms with Crippen LogP contribution in [0.5, 0.6) is 5.75 Å². The van der Waals surface area contributed by atoms with Gasteiger partial charge in [-0.1, -0.05) is 30.3 Å². The Morgan fingerprint density at radius 1 is 1.04 bits per heavy atom. The predicted octanol–water partition coefficient (Wildman–Crippen LogP) is 3.43. The van der Waals surface area contributed by atoms with Gasteiger partial charge in [-0.3, -0.25) is 4.79 Å². The summed E-state index contributed by atoms with van der Waals surface area (Å²) in [5.41, 5.74) is 3.74. The lowest BCUT2D eigenvalue weighted by atomic mass is 10.1. The standard InChI is InChI=1S/C21H27N3O3/c1-15-10-11-18(19(12-15)27-14-20(25)23(3)4)22-21(26)24(5)13-17-9-7-6-8-16(17)2/h6-12H,13-14H2,1-5H3,(H,22,26). The summed E-state index contributed by atoms with van der Waals surface area (Å²) in [5, 5.41) is 2.87. The van der Waals surface area contributed by atoms with Gasteiger partial charge in [-0.05, 0) is 42.7 Å². The smallest absolute Gasteiger partial charge is 0.321 e. The Bertz CT molecular complexity index is 818. The molecule has 1 N–H and O–H groups in total. The summed E-state index contributed by atoms with van der Waals surface area (Å²) in [6.45, 7) is 4.36. The highest BCUT2D eigenvalue weighted by atomic mass is 16.5. The Hall–Kier alpha value is -3.02. The number of hydrogen-bond donors (Lipinski definition) is 1. The molecular weight excluding hydrogens is 342 g/mol. The third-order valence-corrected chi connectivity index (χ3v) is 4.24. The molecule has 6 heteroatoms. The highest BCUT2D eigenvalue weighted by Crippen LogP contribution is 2.26. The zero-order valence-corrected chi connectivity index (χ0v) is 16.6. The normalized spacial score (nSPS) is 10.3. The number of amides is 3. The van der Waals surface area contributed by atoms with Gasteiger partial charge in [-0.15, -0.1) is 0 Å². The Morgan fingerprint density at radius 2 is 1.74 bits per heavy atom. The summed E-state index contributed by atoms with van der Waals surface area (Å²) in [7, 11) is 5.09. The number of benzene rings is 2. The van der Waals surface area contributed by atoms with Crippen molar-refractivity contribution in [1.29, 1.82) is 0 Å². The predicted molar refractivity (Wildman–Crippen MR) is 107 cm³/mol. The number of carbonyl (C=O) groups excluding carboxylic acids is 2. The number of anilines is 1. The van der Waals surface area contributed by atoms with Crippen LogP contribution in [-0.4, -0.2) is 49.5 Å². The van der Waals surface area contributed by atoms with Crippen LogP contribution in [-0.2, 0) is 11.3 Å². The number of nitrogens with one attached hydrogen (secondary N) is 1. The number of rotatable bonds is 6. The van der Waals surface area contributed by atoms with E-state index in [0.717, 1.165) is 16.7 Å². The van der Waals surface area contributed by atoms with E-state index in [2.05, 4.69) is 5.32 Å². The van der Waals surface area contributed by atoms with Crippen molar-refractivity contribution in [2.75, 3.05) is 33.1 Å². The zero-order chi connectivity index (χ0) is 20.0. The van der Waals surface area contributed by atoms with Crippen LogP contribution in [0.25, 0.3) is 0 Å². The first-order chi connectivity index (χ1) is 12.8. The van der Waals surface area contributed by atoms with E-state index in [1.807, 2.05) is 44.2 Å². The molecule has 0 radical (unpaired) electrons. The van der Waals surface area contributed by atoms with Crippen molar-refractivity contribution in [2.24, 2.45) is 0 Å². The molecule has 0 spiro atoms. The molecule has 0 saturated heterocycles. The van der Waals surface area contributed by atoms with Gasteiger partial charge in [0.05, 0.1) is 5.69 Å². The summed E-state index contributed by atoms with van der Waals surface area (Å²) >= 11 is 0. The average molecular weight is 369 g/mol. The third kappa shape index (κ3) is 5.74. The van der Waals surface area contributed by atoms with Crippen LogP contribution in [0.2, 0.25) is 0 Å². The van der Waals surface area contributed by atoms with Crippen LogP contribution >= 0.6 is 0 Å². The van der Waals surface area contributed by atoms with Crippen LogP contribution in [0.1, 0.15) is 16.7 Å². The highest BCUT2D eigenvalue weighted by molar-refractivity contribution is 5.91. The van der Waals surface area contributed by atoms with E-state index in [0.29, 0.717) is 18.0 Å². The van der Waals surface area contributed by atoms with Crippen molar-refractivity contribution >= 4 is 17.6 Å². The van der Waals surface area contributed by atoms with E-state index >= 15 is 0 Å². The molecule has 0 unspecified atom stereocenters. The molecule has 27 heavy (non-hydrogen) atoms. The molecule has 0 heterocycles. The molecule has 0 fully saturated rings. The molecule has 0 aromatic heterocycles. The zero-order valence-electron chi connectivity index (χ0n) is 16.6. The molecule has 2 aromatic rings. The lowest BCUT2D eigenvalue weighted by molar-refractivity contribution is -0.130.